The molecule has 140 valence electrons. The molecule has 0 aliphatic heterocycles. The largest absolute Gasteiger partial charge is 0.485 e. The van der Waals surface area contributed by atoms with Gasteiger partial charge in [-0.3, -0.25) is 0 Å². The molecule has 0 saturated heterocycles. The van der Waals surface area contributed by atoms with E-state index in [9.17, 15) is 4.79 Å². The van der Waals surface area contributed by atoms with E-state index in [1.54, 1.807) is 0 Å². The Morgan fingerprint density at radius 2 is 1.67 bits per heavy atom. The second kappa shape index (κ2) is 8.01. The summed E-state index contributed by atoms with van der Waals surface area (Å²) in [4.78, 5) is 12.3. The SMILES string of the molecule is CC(C)(C)NC(=O)Oc1cc2cc(Br)ccc2cc1OCc1ccccc1. The highest BCUT2D eigenvalue weighted by Gasteiger charge is 2.18. The van der Waals surface area contributed by atoms with Gasteiger partial charge in [0.1, 0.15) is 6.61 Å². The molecule has 4 nitrogen and oxygen atoms in total. The van der Waals surface area contributed by atoms with Crippen LogP contribution in [0.1, 0.15) is 26.3 Å². The topological polar surface area (TPSA) is 47.6 Å². The van der Waals surface area contributed by atoms with Crippen molar-refractivity contribution in [1.29, 1.82) is 0 Å². The molecule has 0 aromatic heterocycles. The summed E-state index contributed by atoms with van der Waals surface area (Å²) in [6, 6.07) is 19.5. The Balaban J connectivity index is 1.90. The van der Waals surface area contributed by atoms with E-state index >= 15 is 0 Å². The fourth-order valence-corrected chi connectivity index (χ4v) is 2.97. The second-order valence-corrected chi connectivity index (χ2v) is 8.24. The molecule has 3 aromatic rings. The van der Waals surface area contributed by atoms with E-state index in [0.29, 0.717) is 18.1 Å². The number of halogens is 1. The first kappa shape index (κ1) is 19.2. The lowest BCUT2D eigenvalue weighted by Gasteiger charge is -2.20. The van der Waals surface area contributed by atoms with Crippen LogP contribution in [0.4, 0.5) is 4.79 Å². The summed E-state index contributed by atoms with van der Waals surface area (Å²) in [6.07, 6.45) is -0.513. The summed E-state index contributed by atoms with van der Waals surface area (Å²) >= 11 is 3.48. The lowest BCUT2D eigenvalue weighted by molar-refractivity contribution is 0.187. The summed E-state index contributed by atoms with van der Waals surface area (Å²) < 4.78 is 12.5. The van der Waals surface area contributed by atoms with Gasteiger partial charge in [0.05, 0.1) is 0 Å². The van der Waals surface area contributed by atoms with E-state index in [1.165, 1.54) is 0 Å². The lowest BCUT2D eigenvalue weighted by atomic mass is 10.1. The molecule has 0 fully saturated rings. The van der Waals surface area contributed by atoms with Crippen LogP contribution in [0, 0.1) is 0 Å². The van der Waals surface area contributed by atoms with Crippen molar-refractivity contribution in [2.75, 3.05) is 0 Å². The third-order valence-corrected chi connectivity index (χ3v) is 4.28. The van der Waals surface area contributed by atoms with Gasteiger partial charge in [0, 0.05) is 10.0 Å². The van der Waals surface area contributed by atoms with Gasteiger partial charge in [-0.25, -0.2) is 4.79 Å². The van der Waals surface area contributed by atoms with Crippen molar-refractivity contribution in [2.24, 2.45) is 0 Å². The fourth-order valence-electron chi connectivity index (χ4n) is 2.59. The number of benzene rings is 3. The van der Waals surface area contributed by atoms with Crippen LogP contribution in [-0.2, 0) is 6.61 Å². The maximum atomic E-state index is 12.3. The van der Waals surface area contributed by atoms with Crippen LogP contribution in [-0.4, -0.2) is 11.6 Å². The summed E-state index contributed by atoms with van der Waals surface area (Å²) in [5.41, 5.74) is 0.653. The van der Waals surface area contributed by atoms with Crippen molar-refractivity contribution in [3.63, 3.8) is 0 Å². The Hall–Kier alpha value is -2.53. The predicted molar refractivity (Wildman–Crippen MR) is 111 cm³/mol. The van der Waals surface area contributed by atoms with E-state index in [0.717, 1.165) is 20.8 Å². The molecule has 1 amide bonds. The van der Waals surface area contributed by atoms with Gasteiger partial charge >= 0.3 is 6.09 Å². The quantitative estimate of drug-likeness (QED) is 0.549. The zero-order chi connectivity index (χ0) is 19.4. The highest BCUT2D eigenvalue weighted by atomic mass is 79.9. The Labute approximate surface area is 167 Å². The third-order valence-electron chi connectivity index (χ3n) is 3.78. The van der Waals surface area contributed by atoms with E-state index < -0.39 is 6.09 Å². The van der Waals surface area contributed by atoms with Crippen molar-refractivity contribution >= 4 is 32.8 Å². The molecular formula is C22H22BrNO3. The van der Waals surface area contributed by atoms with Crippen molar-refractivity contribution in [3.8, 4) is 11.5 Å². The summed E-state index contributed by atoms with van der Waals surface area (Å²) in [7, 11) is 0. The molecular weight excluding hydrogens is 406 g/mol. The number of nitrogens with one attached hydrogen (secondary N) is 1. The smallest absolute Gasteiger partial charge is 0.413 e. The van der Waals surface area contributed by atoms with Gasteiger partial charge in [-0.15, -0.1) is 0 Å². The molecule has 0 bridgehead atoms. The average Bonchev–Trinajstić information content (AvgIpc) is 2.59. The van der Waals surface area contributed by atoms with Crippen molar-refractivity contribution < 1.29 is 14.3 Å². The number of hydrogen-bond acceptors (Lipinski definition) is 3. The number of carbonyl (C=O) groups excluding carboxylic acids is 1. The minimum absolute atomic E-state index is 0.387. The maximum Gasteiger partial charge on any atom is 0.413 e. The van der Waals surface area contributed by atoms with Gasteiger partial charge in [0.2, 0.25) is 0 Å². The normalized spacial score (nSPS) is 11.3. The molecule has 5 heteroatoms. The molecule has 0 spiro atoms. The monoisotopic (exact) mass is 427 g/mol. The number of ether oxygens (including phenoxy) is 2. The third kappa shape index (κ3) is 5.47. The van der Waals surface area contributed by atoms with E-state index in [1.807, 2.05) is 81.4 Å². The molecule has 0 aliphatic carbocycles. The molecule has 27 heavy (non-hydrogen) atoms. The second-order valence-electron chi connectivity index (χ2n) is 7.33. The summed E-state index contributed by atoms with van der Waals surface area (Å²) in [6.45, 7) is 6.09. The van der Waals surface area contributed by atoms with Crippen LogP contribution in [0.5, 0.6) is 11.5 Å². The molecule has 0 atom stereocenters. The minimum Gasteiger partial charge on any atom is -0.485 e. The fraction of sp³-hybridized carbons (Fsp3) is 0.227. The van der Waals surface area contributed by atoms with E-state index in [4.69, 9.17) is 9.47 Å². The van der Waals surface area contributed by atoms with Crippen molar-refractivity contribution in [2.45, 2.75) is 32.9 Å². The van der Waals surface area contributed by atoms with Crippen LogP contribution in [0.2, 0.25) is 0 Å². The first-order valence-corrected chi connectivity index (χ1v) is 9.49. The van der Waals surface area contributed by atoms with Crippen LogP contribution in [0.3, 0.4) is 0 Å². The first-order chi connectivity index (χ1) is 12.8. The lowest BCUT2D eigenvalue weighted by Crippen LogP contribution is -2.42. The molecule has 0 heterocycles. The Morgan fingerprint density at radius 3 is 2.37 bits per heavy atom. The van der Waals surface area contributed by atoms with Gasteiger partial charge in [-0.05, 0) is 61.4 Å². The Morgan fingerprint density at radius 1 is 0.963 bits per heavy atom. The number of rotatable bonds is 4. The highest BCUT2D eigenvalue weighted by Crippen LogP contribution is 2.34. The van der Waals surface area contributed by atoms with Gasteiger partial charge in [-0.2, -0.15) is 0 Å². The van der Waals surface area contributed by atoms with E-state index in [2.05, 4.69) is 21.2 Å². The summed E-state index contributed by atoms with van der Waals surface area (Å²) in [5.74, 6) is 0.913. The molecule has 3 aromatic carbocycles. The molecule has 0 radical (unpaired) electrons. The molecule has 0 unspecified atom stereocenters. The first-order valence-electron chi connectivity index (χ1n) is 8.70. The zero-order valence-corrected chi connectivity index (χ0v) is 17.2. The van der Waals surface area contributed by atoms with Crippen LogP contribution < -0.4 is 14.8 Å². The average molecular weight is 428 g/mol. The summed E-state index contributed by atoms with van der Waals surface area (Å²) in [5, 5.41) is 4.76. The standard InChI is InChI=1S/C22H22BrNO3/c1-22(2,3)24-21(25)27-20-13-17-11-18(23)10-9-16(17)12-19(20)26-14-15-7-5-4-6-8-15/h4-13H,14H2,1-3H3,(H,24,25). The maximum absolute atomic E-state index is 12.3. The van der Waals surface area contributed by atoms with Crippen LogP contribution >= 0.6 is 15.9 Å². The highest BCUT2D eigenvalue weighted by molar-refractivity contribution is 9.10. The zero-order valence-electron chi connectivity index (χ0n) is 15.6. The van der Waals surface area contributed by atoms with Crippen molar-refractivity contribution in [1.82, 2.24) is 5.32 Å². The minimum atomic E-state index is -0.513. The predicted octanol–water partition coefficient (Wildman–Crippen LogP) is 6.07. The number of carbonyl (C=O) groups is 1. The van der Waals surface area contributed by atoms with Crippen molar-refractivity contribution in [3.05, 3.63) is 70.7 Å². The van der Waals surface area contributed by atoms with Gasteiger partial charge < -0.3 is 14.8 Å². The molecule has 1 N–H and O–H groups in total. The Bertz CT molecular complexity index is 949. The molecule has 0 saturated carbocycles. The Kier molecular flexibility index (Phi) is 5.71. The van der Waals surface area contributed by atoms with E-state index in [-0.39, 0.29) is 5.54 Å². The van der Waals surface area contributed by atoms with Crippen LogP contribution in [0.25, 0.3) is 10.8 Å². The molecule has 3 rings (SSSR count). The van der Waals surface area contributed by atoms with Gasteiger partial charge in [-0.1, -0.05) is 52.3 Å². The van der Waals surface area contributed by atoms with Crippen LogP contribution in [0.15, 0.2) is 65.1 Å². The number of hydrogen-bond donors (Lipinski definition) is 1. The number of amides is 1. The molecule has 0 aliphatic rings. The van der Waals surface area contributed by atoms with Gasteiger partial charge in [0.25, 0.3) is 0 Å². The number of fused-ring (bicyclic) bond motifs is 1. The van der Waals surface area contributed by atoms with Gasteiger partial charge in [0.15, 0.2) is 11.5 Å².